The first kappa shape index (κ1) is 8.42. The van der Waals surface area contributed by atoms with Crippen molar-refractivity contribution in [1.82, 2.24) is 0 Å². The summed E-state index contributed by atoms with van der Waals surface area (Å²) < 4.78 is 0. The number of aryl methyl sites for hydroxylation is 1. The van der Waals surface area contributed by atoms with Gasteiger partial charge < -0.3 is 0 Å². The first-order valence-electron chi connectivity index (χ1n) is 4.14. The third kappa shape index (κ3) is 1.48. The van der Waals surface area contributed by atoms with Gasteiger partial charge in [0, 0.05) is 9.93 Å². The fraction of sp³-hybridized carbons (Fsp3) is 0.333. The van der Waals surface area contributed by atoms with Gasteiger partial charge in [0.2, 0.25) is 0 Å². The van der Waals surface area contributed by atoms with Crippen LogP contribution >= 0.6 is 11.6 Å². The summed E-state index contributed by atoms with van der Waals surface area (Å²) in [6, 6.07) is 5.75. The lowest BCUT2D eigenvalue weighted by Crippen LogP contribution is -1.86. The second-order valence-corrected chi connectivity index (χ2v) is 3.54. The zero-order valence-electron chi connectivity index (χ0n) is 6.94. The number of fused-ring (bicyclic) bond motifs is 1. The minimum absolute atomic E-state index is 0.0114. The average Bonchev–Trinajstić information content (AvgIpc) is 2.49. The molecular weight excluding hydrogens is 186 g/mol. The van der Waals surface area contributed by atoms with E-state index in [1.54, 1.807) is 0 Å². The molecule has 2 rings (SSSR count). The number of azide groups is 1. The van der Waals surface area contributed by atoms with Gasteiger partial charge in [0.05, 0.1) is 6.04 Å². The van der Waals surface area contributed by atoms with Crippen molar-refractivity contribution in [3.05, 3.63) is 44.8 Å². The van der Waals surface area contributed by atoms with Crippen LogP contribution in [0.3, 0.4) is 0 Å². The highest BCUT2D eigenvalue weighted by Crippen LogP contribution is 2.35. The summed E-state index contributed by atoms with van der Waals surface area (Å²) in [6.07, 6.45) is 1.86. The third-order valence-electron chi connectivity index (χ3n) is 2.34. The van der Waals surface area contributed by atoms with Gasteiger partial charge in [-0.25, -0.2) is 0 Å². The van der Waals surface area contributed by atoms with Gasteiger partial charge in [0.25, 0.3) is 0 Å². The zero-order chi connectivity index (χ0) is 9.26. The summed E-state index contributed by atoms with van der Waals surface area (Å²) in [5, 5.41) is 4.48. The van der Waals surface area contributed by atoms with Crippen LogP contribution in [-0.2, 0) is 6.42 Å². The fourth-order valence-corrected chi connectivity index (χ4v) is 1.94. The van der Waals surface area contributed by atoms with Crippen LogP contribution < -0.4 is 0 Å². The molecule has 1 aromatic rings. The first-order chi connectivity index (χ1) is 6.31. The molecule has 0 saturated heterocycles. The normalized spacial score (nSPS) is 19.3. The first-order valence-corrected chi connectivity index (χ1v) is 4.51. The highest BCUT2D eigenvalue weighted by molar-refractivity contribution is 6.30. The molecule has 0 spiro atoms. The van der Waals surface area contributed by atoms with Crippen LogP contribution in [0, 0.1) is 0 Å². The second kappa shape index (κ2) is 3.29. The molecule has 0 heterocycles. The third-order valence-corrected chi connectivity index (χ3v) is 2.58. The Morgan fingerprint density at radius 1 is 1.54 bits per heavy atom. The predicted molar refractivity (Wildman–Crippen MR) is 51.7 cm³/mol. The van der Waals surface area contributed by atoms with Gasteiger partial charge in [-0.15, -0.1) is 0 Å². The van der Waals surface area contributed by atoms with Crippen LogP contribution in [0.4, 0.5) is 0 Å². The van der Waals surface area contributed by atoms with Crippen LogP contribution in [0.5, 0.6) is 0 Å². The van der Waals surface area contributed by atoms with E-state index in [9.17, 15) is 0 Å². The number of rotatable bonds is 1. The van der Waals surface area contributed by atoms with Gasteiger partial charge in [0.1, 0.15) is 0 Å². The van der Waals surface area contributed by atoms with E-state index in [2.05, 4.69) is 10.0 Å². The lowest BCUT2D eigenvalue weighted by atomic mass is 10.1. The summed E-state index contributed by atoms with van der Waals surface area (Å²) >= 11 is 5.84. The Morgan fingerprint density at radius 2 is 2.38 bits per heavy atom. The largest absolute Gasteiger partial charge is 0.0859 e. The minimum Gasteiger partial charge on any atom is -0.0859 e. The summed E-state index contributed by atoms with van der Waals surface area (Å²) in [5.74, 6) is 0. The van der Waals surface area contributed by atoms with Crippen LogP contribution in [0.1, 0.15) is 23.6 Å². The van der Waals surface area contributed by atoms with Crippen molar-refractivity contribution in [1.29, 1.82) is 0 Å². The molecule has 0 aliphatic heterocycles. The van der Waals surface area contributed by atoms with E-state index in [0.717, 1.165) is 23.4 Å². The summed E-state index contributed by atoms with van der Waals surface area (Å²) in [7, 11) is 0. The van der Waals surface area contributed by atoms with Crippen LogP contribution in [0.25, 0.3) is 10.4 Å². The van der Waals surface area contributed by atoms with Crippen molar-refractivity contribution in [3.8, 4) is 0 Å². The van der Waals surface area contributed by atoms with Crippen molar-refractivity contribution in [3.63, 3.8) is 0 Å². The predicted octanol–water partition coefficient (Wildman–Crippen LogP) is 3.64. The van der Waals surface area contributed by atoms with E-state index in [4.69, 9.17) is 17.1 Å². The molecule has 66 valence electrons. The highest BCUT2D eigenvalue weighted by Gasteiger charge is 2.20. The second-order valence-electron chi connectivity index (χ2n) is 3.10. The van der Waals surface area contributed by atoms with Crippen molar-refractivity contribution >= 4 is 11.6 Å². The van der Waals surface area contributed by atoms with Crippen LogP contribution in [0.15, 0.2) is 23.3 Å². The van der Waals surface area contributed by atoms with E-state index in [0.29, 0.717) is 0 Å². The van der Waals surface area contributed by atoms with Crippen molar-refractivity contribution in [2.75, 3.05) is 0 Å². The lowest BCUT2D eigenvalue weighted by molar-refractivity contribution is 0.707. The molecule has 0 fully saturated rings. The number of hydrogen-bond acceptors (Lipinski definition) is 1. The smallest absolute Gasteiger partial charge is 0.0631 e. The molecule has 1 unspecified atom stereocenters. The lowest BCUT2D eigenvalue weighted by Gasteiger charge is -2.02. The molecule has 3 nitrogen and oxygen atoms in total. The maximum absolute atomic E-state index is 8.34. The van der Waals surface area contributed by atoms with Crippen molar-refractivity contribution in [2.24, 2.45) is 5.11 Å². The molecular formula is C9H8ClN3. The Balaban J connectivity index is 2.43. The van der Waals surface area contributed by atoms with Gasteiger partial charge in [-0.1, -0.05) is 22.8 Å². The van der Waals surface area contributed by atoms with Crippen molar-refractivity contribution < 1.29 is 0 Å². The zero-order valence-corrected chi connectivity index (χ0v) is 7.70. The molecule has 1 aliphatic carbocycles. The van der Waals surface area contributed by atoms with E-state index >= 15 is 0 Å². The number of hydrogen-bond donors (Lipinski definition) is 0. The number of halogens is 1. The number of benzene rings is 1. The van der Waals surface area contributed by atoms with Gasteiger partial charge in [-0.3, -0.25) is 0 Å². The standard InChI is InChI=1S/C9H8ClN3/c10-7-2-3-8-6(5-7)1-4-9(8)12-13-11/h2-3,5,9H,1,4H2. The SMILES string of the molecule is [N-]=[N+]=NC1CCc2cc(Cl)ccc21. The molecule has 0 radical (unpaired) electrons. The van der Waals surface area contributed by atoms with Crippen molar-refractivity contribution in [2.45, 2.75) is 18.9 Å². The molecule has 0 N–H and O–H groups in total. The van der Waals surface area contributed by atoms with E-state index < -0.39 is 0 Å². The average molecular weight is 194 g/mol. The fourth-order valence-electron chi connectivity index (χ4n) is 1.75. The maximum atomic E-state index is 8.34. The topological polar surface area (TPSA) is 48.8 Å². The summed E-state index contributed by atoms with van der Waals surface area (Å²) in [5.41, 5.74) is 10.7. The number of nitrogens with zero attached hydrogens (tertiary/aromatic N) is 3. The summed E-state index contributed by atoms with van der Waals surface area (Å²) in [6.45, 7) is 0. The maximum Gasteiger partial charge on any atom is 0.0631 e. The molecule has 0 bridgehead atoms. The van der Waals surface area contributed by atoms with Crippen LogP contribution in [-0.4, -0.2) is 0 Å². The molecule has 1 aromatic carbocycles. The Labute approximate surface area is 81.0 Å². The molecule has 0 amide bonds. The van der Waals surface area contributed by atoms with E-state index in [1.807, 2.05) is 18.2 Å². The van der Waals surface area contributed by atoms with Gasteiger partial charge in [-0.2, -0.15) is 0 Å². The minimum atomic E-state index is 0.0114. The molecule has 1 atom stereocenters. The Hall–Kier alpha value is -1.18. The molecule has 0 aromatic heterocycles. The Kier molecular flexibility index (Phi) is 2.13. The van der Waals surface area contributed by atoms with Gasteiger partial charge in [0.15, 0.2) is 0 Å². The molecule has 1 aliphatic rings. The highest BCUT2D eigenvalue weighted by atomic mass is 35.5. The molecule has 13 heavy (non-hydrogen) atoms. The Morgan fingerprint density at radius 3 is 3.15 bits per heavy atom. The Bertz CT molecular complexity index is 382. The monoisotopic (exact) mass is 193 g/mol. The quantitative estimate of drug-likeness (QED) is 0.372. The summed E-state index contributed by atoms with van der Waals surface area (Å²) in [4.78, 5) is 2.83. The van der Waals surface area contributed by atoms with E-state index in [-0.39, 0.29) is 6.04 Å². The molecule has 4 heteroatoms. The van der Waals surface area contributed by atoms with Gasteiger partial charge >= 0.3 is 0 Å². The van der Waals surface area contributed by atoms with E-state index in [1.165, 1.54) is 5.56 Å². The van der Waals surface area contributed by atoms with Crippen LogP contribution in [0.2, 0.25) is 5.02 Å². The van der Waals surface area contributed by atoms with Gasteiger partial charge in [-0.05, 0) is 41.6 Å². The molecule has 0 saturated carbocycles.